The van der Waals surface area contributed by atoms with Crippen molar-refractivity contribution in [1.29, 1.82) is 0 Å². The molecule has 2 rings (SSSR count). The second-order valence-corrected chi connectivity index (χ2v) is 8.81. The van der Waals surface area contributed by atoms with Gasteiger partial charge in [0.15, 0.2) is 0 Å². The van der Waals surface area contributed by atoms with Gasteiger partial charge in [-0.3, -0.25) is 4.21 Å². The third-order valence-corrected chi connectivity index (χ3v) is 5.47. The molecule has 2 heterocycles. The minimum atomic E-state index is -1.06. The number of hydrogen-bond acceptors (Lipinski definition) is 4. The Labute approximate surface area is 144 Å². The molecule has 2 atom stereocenters. The van der Waals surface area contributed by atoms with Crippen molar-refractivity contribution in [3.05, 3.63) is 29.0 Å². The first-order valence-electron chi connectivity index (χ1n) is 7.70. The van der Waals surface area contributed by atoms with Crippen molar-refractivity contribution < 1.29 is 13.7 Å². The number of rotatable bonds is 3. The minimum absolute atomic E-state index is 0.0352. The number of carbonyl (C=O) groups is 1. The average molecular weight is 359 g/mol. The first-order valence-corrected chi connectivity index (χ1v) is 9.46. The fourth-order valence-corrected chi connectivity index (χ4v) is 4.04. The molecule has 23 heavy (non-hydrogen) atoms. The molecule has 0 saturated carbocycles. The highest BCUT2D eigenvalue weighted by Gasteiger charge is 2.30. The SMILES string of the molecule is CC(C)(C)OC(=O)N1CCC[C@H]([S@](=O)Cc2ccc(Cl)nc2)C1. The van der Waals surface area contributed by atoms with E-state index < -0.39 is 16.4 Å². The number of carbonyl (C=O) groups excluding carboxylic acids is 1. The Kier molecular flexibility index (Phi) is 6.03. The monoisotopic (exact) mass is 358 g/mol. The Morgan fingerprint density at radius 3 is 2.83 bits per heavy atom. The topological polar surface area (TPSA) is 59.5 Å². The van der Waals surface area contributed by atoms with Crippen molar-refractivity contribution in [2.24, 2.45) is 0 Å². The van der Waals surface area contributed by atoms with Crippen molar-refractivity contribution in [3.8, 4) is 0 Å². The van der Waals surface area contributed by atoms with Gasteiger partial charge in [-0.25, -0.2) is 9.78 Å². The van der Waals surface area contributed by atoms with E-state index in [-0.39, 0.29) is 11.3 Å². The Hall–Kier alpha value is -1.14. The lowest BCUT2D eigenvalue weighted by atomic mass is 10.1. The molecule has 7 heteroatoms. The molecule has 1 amide bonds. The molecule has 5 nitrogen and oxygen atoms in total. The van der Waals surface area contributed by atoms with Gasteiger partial charge < -0.3 is 9.64 Å². The first-order chi connectivity index (χ1) is 10.7. The quantitative estimate of drug-likeness (QED) is 0.777. The lowest BCUT2D eigenvalue weighted by Gasteiger charge is -2.33. The largest absolute Gasteiger partial charge is 0.444 e. The van der Waals surface area contributed by atoms with E-state index in [1.54, 1.807) is 17.2 Å². The summed E-state index contributed by atoms with van der Waals surface area (Å²) in [4.78, 5) is 17.8. The van der Waals surface area contributed by atoms with Gasteiger partial charge in [0, 0.05) is 30.1 Å². The van der Waals surface area contributed by atoms with Crippen LogP contribution in [0.4, 0.5) is 4.79 Å². The van der Waals surface area contributed by atoms with Crippen molar-refractivity contribution in [1.82, 2.24) is 9.88 Å². The number of aromatic nitrogens is 1. The van der Waals surface area contributed by atoms with E-state index in [9.17, 15) is 9.00 Å². The summed E-state index contributed by atoms with van der Waals surface area (Å²) in [5.41, 5.74) is 0.375. The number of nitrogens with zero attached hydrogens (tertiary/aromatic N) is 2. The van der Waals surface area contributed by atoms with Crippen molar-refractivity contribution >= 4 is 28.5 Å². The van der Waals surface area contributed by atoms with Gasteiger partial charge in [-0.05, 0) is 45.2 Å². The van der Waals surface area contributed by atoms with Crippen LogP contribution >= 0.6 is 11.6 Å². The molecule has 1 aromatic heterocycles. The number of piperidine rings is 1. The molecule has 1 aromatic rings. The third-order valence-electron chi connectivity index (χ3n) is 3.50. The first kappa shape index (κ1) is 18.2. The maximum Gasteiger partial charge on any atom is 0.410 e. The van der Waals surface area contributed by atoms with Gasteiger partial charge in [-0.1, -0.05) is 17.7 Å². The predicted octanol–water partition coefficient (Wildman–Crippen LogP) is 3.38. The second kappa shape index (κ2) is 7.62. The van der Waals surface area contributed by atoms with Crippen LogP contribution in [0.15, 0.2) is 18.3 Å². The molecule has 0 bridgehead atoms. The van der Waals surface area contributed by atoms with Gasteiger partial charge in [0.1, 0.15) is 10.8 Å². The summed E-state index contributed by atoms with van der Waals surface area (Å²) in [7, 11) is -1.06. The fraction of sp³-hybridized carbons (Fsp3) is 0.625. The number of pyridine rings is 1. The number of amides is 1. The van der Waals surface area contributed by atoms with Crippen LogP contribution in [-0.2, 0) is 21.3 Å². The zero-order valence-corrected chi connectivity index (χ0v) is 15.3. The van der Waals surface area contributed by atoms with Crippen LogP contribution in [0, 0.1) is 0 Å². The molecule has 1 aliphatic heterocycles. The summed E-state index contributed by atoms with van der Waals surface area (Å²) in [6.45, 7) is 6.67. The highest BCUT2D eigenvalue weighted by atomic mass is 35.5. The van der Waals surface area contributed by atoms with Gasteiger partial charge in [0.2, 0.25) is 0 Å². The highest BCUT2D eigenvalue weighted by molar-refractivity contribution is 7.84. The average Bonchev–Trinajstić information content (AvgIpc) is 2.48. The van der Waals surface area contributed by atoms with Gasteiger partial charge in [0.05, 0.1) is 11.0 Å². The number of ether oxygens (including phenoxy) is 1. The Balaban J connectivity index is 1.93. The minimum Gasteiger partial charge on any atom is -0.444 e. The lowest BCUT2D eigenvalue weighted by molar-refractivity contribution is 0.0219. The molecule has 0 radical (unpaired) electrons. The molecule has 1 saturated heterocycles. The third kappa shape index (κ3) is 5.77. The Bertz CT molecular complexity index is 572. The number of halogens is 1. The molecule has 1 fully saturated rings. The lowest BCUT2D eigenvalue weighted by Crippen LogP contribution is -2.46. The summed E-state index contributed by atoms with van der Waals surface area (Å²) in [5.74, 6) is 0.428. The molecule has 1 aliphatic rings. The standard InChI is InChI=1S/C16H23ClN2O3S/c1-16(2,3)22-15(20)19-8-4-5-13(10-19)23(21)11-12-6-7-14(17)18-9-12/h6-7,9,13H,4-5,8,10-11H2,1-3H3/t13-,23+/m0/s1. The second-order valence-electron chi connectivity index (χ2n) is 6.70. The molecular formula is C16H23ClN2O3S. The van der Waals surface area contributed by atoms with E-state index in [1.165, 1.54) is 0 Å². The van der Waals surface area contributed by atoms with Crippen LogP contribution in [0.2, 0.25) is 5.15 Å². The molecule has 0 spiro atoms. The Morgan fingerprint density at radius 2 is 2.22 bits per heavy atom. The van der Waals surface area contributed by atoms with E-state index in [2.05, 4.69) is 4.98 Å². The van der Waals surface area contributed by atoms with E-state index in [0.717, 1.165) is 18.4 Å². The van der Waals surface area contributed by atoms with E-state index in [1.807, 2.05) is 26.8 Å². The zero-order chi connectivity index (χ0) is 17.0. The summed E-state index contributed by atoms with van der Waals surface area (Å²) < 4.78 is 18.0. The maximum atomic E-state index is 12.6. The molecular weight excluding hydrogens is 336 g/mol. The summed E-state index contributed by atoms with van der Waals surface area (Å²) in [6.07, 6.45) is 3.02. The number of hydrogen-bond donors (Lipinski definition) is 0. The molecule has 128 valence electrons. The summed E-state index contributed by atoms with van der Waals surface area (Å²) in [6, 6.07) is 3.53. The molecule has 0 aromatic carbocycles. The fourth-order valence-electron chi connectivity index (χ4n) is 2.42. The Morgan fingerprint density at radius 1 is 1.48 bits per heavy atom. The highest BCUT2D eigenvalue weighted by Crippen LogP contribution is 2.20. The van der Waals surface area contributed by atoms with E-state index in [0.29, 0.717) is 24.0 Å². The van der Waals surface area contributed by atoms with Crippen LogP contribution in [0.1, 0.15) is 39.2 Å². The van der Waals surface area contributed by atoms with Gasteiger partial charge >= 0.3 is 6.09 Å². The van der Waals surface area contributed by atoms with Crippen LogP contribution in [-0.4, -0.2) is 44.1 Å². The van der Waals surface area contributed by atoms with Crippen LogP contribution < -0.4 is 0 Å². The molecule has 0 aliphatic carbocycles. The van der Waals surface area contributed by atoms with Gasteiger partial charge in [0.25, 0.3) is 0 Å². The summed E-state index contributed by atoms with van der Waals surface area (Å²) in [5, 5.41) is 0.389. The van der Waals surface area contributed by atoms with Crippen LogP contribution in [0.5, 0.6) is 0 Å². The normalized spacial score (nSPS) is 20.2. The zero-order valence-electron chi connectivity index (χ0n) is 13.8. The van der Waals surface area contributed by atoms with Crippen LogP contribution in [0.25, 0.3) is 0 Å². The van der Waals surface area contributed by atoms with Gasteiger partial charge in [-0.2, -0.15) is 0 Å². The van der Waals surface area contributed by atoms with E-state index >= 15 is 0 Å². The smallest absolute Gasteiger partial charge is 0.410 e. The molecule has 0 unspecified atom stereocenters. The summed E-state index contributed by atoms with van der Waals surface area (Å²) >= 11 is 5.76. The van der Waals surface area contributed by atoms with Crippen molar-refractivity contribution in [2.75, 3.05) is 13.1 Å². The predicted molar refractivity (Wildman–Crippen MR) is 91.9 cm³/mol. The van der Waals surface area contributed by atoms with E-state index in [4.69, 9.17) is 16.3 Å². The van der Waals surface area contributed by atoms with Gasteiger partial charge in [-0.15, -0.1) is 0 Å². The molecule has 0 N–H and O–H groups in total. The van der Waals surface area contributed by atoms with Crippen molar-refractivity contribution in [2.45, 2.75) is 50.2 Å². The number of likely N-dealkylation sites (tertiary alicyclic amines) is 1. The van der Waals surface area contributed by atoms with Crippen LogP contribution in [0.3, 0.4) is 0 Å². The maximum absolute atomic E-state index is 12.6. The van der Waals surface area contributed by atoms with Crippen molar-refractivity contribution in [3.63, 3.8) is 0 Å².